The quantitative estimate of drug-likeness (QED) is 0.855. The molecule has 1 aromatic rings. The van der Waals surface area contributed by atoms with Gasteiger partial charge in [-0.25, -0.2) is 9.37 Å². The zero-order valence-electron chi connectivity index (χ0n) is 9.88. The standard InChI is InChI=1S/C12H20FN3/c1-2-9-16-10-8-15-11(16)12(13)4-3-6-14-7-5-12/h8,10,14H,2-7,9H2,1H3. The van der Waals surface area contributed by atoms with Crippen LogP contribution in [0.4, 0.5) is 4.39 Å². The molecule has 1 atom stereocenters. The minimum Gasteiger partial charge on any atom is -0.332 e. The Labute approximate surface area is 96.1 Å². The van der Waals surface area contributed by atoms with Gasteiger partial charge in [0.05, 0.1) is 0 Å². The summed E-state index contributed by atoms with van der Waals surface area (Å²) in [5.74, 6) is 0.623. The van der Waals surface area contributed by atoms with Gasteiger partial charge in [-0.1, -0.05) is 6.92 Å². The number of imidazole rings is 1. The van der Waals surface area contributed by atoms with Gasteiger partial charge in [-0.3, -0.25) is 0 Å². The summed E-state index contributed by atoms with van der Waals surface area (Å²) in [5, 5.41) is 3.24. The fourth-order valence-electron chi connectivity index (χ4n) is 2.38. The van der Waals surface area contributed by atoms with Crippen molar-refractivity contribution in [1.29, 1.82) is 0 Å². The second-order valence-electron chi connectivity index (χ2n) is 4.51. The number of halogens is 1. The van der Waals surface area contributed by atoms with Crippen molar-refractivity contribution in [3.05, 3.63) is 18.2 Å². The van der Waals surface area contributed by atoms with E-state index in [0.717, 1.165) is 32.5 Å². The van der Waals surface area contributed by atoms with E-state index in [-0.39, 0.29) is 0 Å². The Hall–Kier alpha value is -0.900. The highest BCUT2D eigenvalue weighted by Gasteiger charge is 2.36. The van der Waals surface area contributed by atoms with Crippen LogP contribution in [0.15, 0.2) is 12.4 Å². The number of hydrogen-bond acceptors (Lipinski definition) is 2. The molecule has 0 aromatic carbocycles. The Kier molecular flexibility index (Phi) is 3.59. The minimum absolute atomic E-state index is 0.535. The molecule has 0 radical (unpaired) electrons. The zero-order chi connectivity index (χ0) is 11.4. The van der Waals surface area contributed by atoms with Crippen LogP contribution in [0.2, 0.25) is 0 Å². The van der Waals surface area contributed by atoms with E-state index in [1.807, 2.05) is 10.8 Å². The van der Waals surface area contributed by atoms with Crippen LogP contribution in [-0.2, 0) is 12.2 Å². The van der Waals surface area contributed by atoms with E-state index >= 15 is 0 Å². The van der Waals surface area contributed by atoms with Crippen LogP contribution in [0, 0.1) is 0 Å². The summed E-state index contributed by atoms with van der Waals surface area (Å²) in [7, 11) is 0. The van der Waals surface area contributed by atoms with Crippen molar-refractivity contribution in [2.45, 2.75) is 44.8 Å². The van der Waals surface area contributed by atoms with Gasteiger partial charge in [0.2, 0.25) is 0 Å². The van der Waals surface area contributed by atoms with Gasteiger partial charge in [0, 0.05) is 25.4 Å². The van der Waals surface area contributed by atoms with Gasteiger partial charge in [-0.15, -0.1) is 0 Å². The first-order valence-electron chi connectivity index (χ1n) is 6.17. The van der Waals surface area contributed by atoms with Crippen LogP contribution in [-0.4, -0.2) is 22.6 Å². The van der Waals surface area contributed by atoms with Gasteiger partial charge in [0.1, 0.15) is 5.82 Å². The van der Waals surface area contributed by atoms with Crippen LogP contribution in [0.1, 0.15) is 38.4 Å². The highest BCUT2D eigenvalue weighted by molar-refractivity contribution is 5.06. The molecule has 2 rings (SSSR count). The van der Waals surface area contributed by atoms with Crippen LogP contribution >= 0.6 is 0 Å². The number of aromatic nitrogens is 2. The molecule has 1 aromatic heterocycles. The number of aryl methyl sites for hydroxylation is 1. The lowest BCUT2D eigenvalue weighted by Crippen LogP contribution is -2.26. The Morgan fingerprint density at radius 2 is 2.38 bits per heavy atom. The van der Waals surface area contributed by atoms with Crippen molar-refractivity contribution in [2.24, 2.45) is 0 Å². The molecule has 0 amide bonds. The number of nitrogens with one attached hydrogen (secondary N) is 1. The van der Waals surface area contributed by atoms with E-state index in [9.17, 15) is 4.39 Å². The lowest BCUT2D eigenvalue weighted by Gasteiger charge is -2.23. The molecule has 0 aliphatic carbocycles. The Morgan fingerprint density at radius 3 is 3.19 bits per heavy atom. The molecule has 0 spiro atoms. The van der Waals surface area contributed by atoms with Crippen molar-refractivity contribution >= 4 is 0 Å². The van der Waals surface area contributed by atoms with E-state index < -0.39 is 5.67 Å². The largest absolute Gasteiger partial charge is 0.332 e. The fourth-order valence-corrected chi connectivity index (χ4v) is 2.38. The van der Waals surface area contributed by atoms with Crippen LogP contribution in [0.25, 0.3) is 0 Å². The van der Waals surface area contributed by atoms with Gasteiger partial charge in [-0.2, -0.15) is 0 Å². The van der Waals surface area contributed by atoms with Crippen LogP contribution in [0.5, 0.6) is 0 Å². The molecule has 4 heteroatoms. The maximum absolute atomic E-state index is 14.9. The summed E-state index contributed by atoms with van der Waals surface area (Å²) >= 11 is 0. The summed E-state index contributed by atoms with van der Waals surface area (Å²) in [5.41, 5.74) is -1.23. The summed E-state index contributed by atoms with van der Waals surface area (Å²) in [4.78, 5) is 4.23. The number of hydrogen-bond donors (Lipinski definition) is 1. The fraction of sp³-hybridized carbons (Fsp3) is 0.750. The summed E-state index contributed by atoms with van der Waals surface area (Å²) in [6, 6.07) is 0. The molecular weight excluding hydrogens is 205 g/mol. The first-order chi connectivity index (χ1) is 7.76. The predicted octanol–water partition coefficient (Wildman–Crippen LogP) is 2.23. The first kappa shape index (κ1) is 11.6. The molecule has 0 bridgehead atoms. The first-order valence-corrected chi connectivity index (χ1v) is 6.17. The van der Waals surface area contributed by atoms with Gasteiger partial charge in [0.15, 0.2) is 5.67 Å². The Bertz CT molecular complexity index is 327. The van der Waals surface area contributed by atoms with Crippen molar-refractivity contribution in [2.75, 3.05) is 13.1 Å². The monoisotopic (exact) mass is 225 g/mol. The number of alkyl halides is 1. The smallest absolute Gasteiger partial charge is 0.169 e. The van der Waals surface area contributed by atoms with E-state index in [4.69, 9.17) is 0 Å². The normalized spacial score (nSPS) is 26.6. The molecule has 1 saturated heterocycles. The minimum atomic E-state index is -1.23. The molecule has 1 unspecified atom stereocenters. The average molecular weight is 225 g/mol. The topological polar surface area (TPSA) is 29.9 Å². The Morgan fingerprint density at radius 1 is 1.50 bits per heavy atom. The molecule has 1 aliphatic rings. The summed E-state index contributed by atoms with van der Waals surface area (Å²) in [6.45, 7) is 4.62. The molecule has 2 heterocycles. The van der Waals surface area contributed by atoms with Crippen molar-refractivity contribution in [1.82, 2.24) is 14.9 Å². The number of nitrogens with zero attached hydrogens (tertiary/aromatic N) is 2. The lowest BCUT2D eigenvalue weighted by atomic mass is 9.96. The van der Waals surface area contributed by atoms with E-state index in [1.54, 1.807) is 6.20 Å². The Balaban J connectivity index is 2.22. The van der Waals surface area contributed by atoms with E-state index in [1.165, 1.54) is 0 Å². The average Bonchev–Trinajstić information content (AvgIpc) is 2.62. The molecule has 1 aliphatic heterocycles. The van der Waals surface area contributed by atoms with Crippen molar-refractivity contribution < 1.29 is 4.39 Å². The van der Waals surface area contributed by atoms with Crippen molar-refractivity contribution in [3.8, 4) is 0 Å². The molecule has 3 nitrogen and oxygen atoms in total. The highest BCUT2D eigenvalue weighted by Crippen LogP contribution is 2.34. The summed E-state index contributed by atoms with van der Waals surface area (Å²) in [6.07, 6.45) is 6.62. The summed E-state index contributed by atoms with van der Waals surface area (Å²) < 4.78 is 16.8. The van der Waals surface area contributed by atoms with Gasteiger partial charge >= 0.3 is 0 Å². The molecule has 90 valence electrons. The third-order valence-corrected chi connectivity index (χ3v) is 3.21. The molecule has 0 saturated carbocycles. The van der Waals surface area contributed by atoms with Crippen LogP contribution < -0.4 is 5.32 Å². The predicted molar refractivity (Wildman–Crippen MR) is 62.0 cm³/mol. The third-order valence-electron chi connectivity index (χ3n) is 3.21. The van der Waals surface area contributed by atoms with Crippen molar-refractivity contribution in [3.63, 3.8) is 0 Å². The molecule has 1 N–H and O–H groups in total. The van der Waals surface area contributed by atoms with Gasteiger partial charge < -0.3 is 9.88 Å². The maximum Gasteiger partial charge on any atom is 0.169 e. The lowest BCUT2D eigenvalue weighted by molar-refractivity contribution is 0.127. The molecule has 1 fully saturated rings. The van der Waals surface area contributed by atoms with E-state index in [2.05, 4.69) is 17.2 Å². The van der Waals surface area contributed by atoms with E-state index in [0.29, 0.717) is 18.7 Å². The van der Waals surface area contributed by atoms with Gasteiger partial charge in [0.25, 0.3) is 0 Å². The zero-order valence-corrected chi connectivity index (χ0v) is 9.88. The van der Waals surface area contributed by atoms with Gasteiger partial charge in [-0.05, 0) is 32.4 Å². The highest BCUT2D eigenvalue weighted by atomic mass is 19.1. The number of rotatable bonds is 3. The maximum atomic E-state index is 14.9. The van der Waals surface area contributed by atoms with Crippen LogP contribution in [0.3, 0.4) is 0 Å². The third kappa shape index (κ3) is 2.26. The molecular formula is C12H20FN3. The second kappa shape index (κ2) is 4.95. The molecule has 16 heavy (non-hydrogen) atoms. The second-order valence-corrected chi connectivity index (χ2v) is 4.51. The SMILES string of the molecule is CCCn1ccnc1C1(F)CCCNCC1.